The first kappa shape index (κ1) is 10.3. The predicted molar refractivity (Wildman–Crippen MR) is 51.5 cm³/mol. The summed E-state index contributed by atoms with van der Waals surface area (Å²) in [5, 5.41) is 12.8. The molecule has 1 fully saturated rings. The molecular weight excluding hydrogens is 197 g/mol. The molecule has 0 spiro atoms. The highest BCUT2D eigenvalue weighted by atomic mass is 35.5. The summed E-state index contributed by atoms with van der Waals surface area (Å²) in [7, 11) is 0. The number of aliphatic hydroxyl groups is 1. The lowest BCUT2D eigenvalue weighted by molar-refractivity contribution is 0.0923. The van der Waals surface area contributed by atoms with E-state index in [9.17, 15) is 0 Å². The van der Waals surface area contributed by atoms with Crippen molar-refractivity contribution in [2.24, 2.45) is 0 Å². The van der Waals surface area contributed by atoms with Gasteiger partial charge >= 0.3 is 0 Å². The van der Waals surface area contributed by atoms with Crippen LogP contribution in [0.4, 0.5) is 0 Å². The van der Waals surface area contributed by atoms with Gasteiger partial charge < -0.3 is 10.4 Å². The van der Waals surface area contributed by atoms with E-state index < -0.39 is 0 Å². The number of hydrogen-bond donors (Lipinski definition) is 2. The fraction of sp³-hybridized carbons (Fsp3) is 0.750. The fourth-order valence-corrected chi connectivity index (χ4v) is 1.45. The average Bonchev–Trinajstić information content (AvgIpc) is 2.03. The van der Waals surface area contributed by atoms with Crippen LogP contribution in [0.25, 0.3) is 0 Å². The predicted octanol–water partition coefficient (Wildman–Crippen LogP) is 1.81. The Morgan fingerprint density at radius 2 is 2.25 bits per heavy atom. The standard InChI is InChI=1S/C8H13Cl2NO/c9-4-7(10)5-11-8(6-12)2-1-3-8/h4,11-12H,1-3,5-6H2. The van der Waals surface area contributed by atoms with Crippen molar-refractivity contribution < 1.29 is 5.11 Å². The highest BCUT2D eigenvalue weighted by molar-refractivity contribution is 6.36. The summed E-state index contributed by atoms with van der Waals surface area (Å²) in [6, 6.07) is 0. The largest absolute Gasteiger partial charge is 0.394 e. The molecule has 0 amide bonds. The minimum absolute atomic E-state index is 0.0833. The molecule has 0 saturated heterocycles. The van der Waals surface area contributed by atoms with E-state index in [-0.39, 0.29) is 12.1 Å². The third-order valence-electron chi connectivity index (χ3n) is 2.36. The third kappa shape index (κ3) is 2.36. The summed E-state index contributed by atoms with van der Waals surface area (Å²) >= 11 is 11.1. The first-order valence-electron chi connectivity index (χ1n) is 4.03. The van der Waals surface area contributed by atoms with Gasteiger partial charge in [-0.1, -0.05) is 23.2 Å². The minimum atomic E-state index is -0.0833. The highest BCUT2D eigenvalue weighted by Gasteiger charge is 2.35. The van der Waals surface area contributed by atoms with Crippen LogP contribution >= 0.6 is 23.2 Å². The van der Waals surface area contributed by atoms with Crippen molar-refractivity contribution >= 4 is 23.2 Å². The number of aliphatic hydroxyl groups excluding tert-OH is 1. The molecule has 1 aliphatic rings. The maximum Gasteiger partial charge on any atom is 0.0613 e. The van der Waals surface area contributed by atoms with Crippen LogP contribution in [-0.4, -0.2) is 23.8 Å². The maximum absolute atomic E-state index is 9.06. The smallest absolute Gasteiger partial charge is 0.0613 e. The molecule has 0 aromatic heterocycles. The van der Waals surface area contributed by atoms with E-state index in [1.807, 2.05) is 0 Å². The van der Waals surface area contributed by atoms with Gasteiger partial charge in [-0.2, -0.15) is 0 Å². The summed E-state index contributed by atoms with van der Waals surface area (Å²) < 4.78 is 0. The van der Waals surface area contributed by atoms with E-state index in [1.165, 1.54) is 12.0 Å². The Balaban J connectivity index is 2.29. The summed E-state index contributed by atoms with van der Waals surface area (Å²) in [5.41, 5.74) is 1.26. The minimum Gasteiger partial charge on any atom is -0.394 e. The Labute approximate surface area is 82.5 Å². The van der Waals surface area contributed by atoms with E-state index in [0.717, 1.165) is 12.8 Å². The van der Waals surface area contributed by atoms with Crippen LogP contribution in [0.2, 0.25) is 0 Å². The maximum atomic E-state index is 9.06. The van der Waals surface area contributed by atoms with Gasteiger partial charge in [-0.25, -0.2) is 0 Å². The van der Waals surface area contributed by atoms with Crippen LogP contribution in [0.5, 0.6) is 0 Å². The van der Waals surface area contributed by atoms with Crippen molar-refractivity contribution in [1.29, 1.82) is 0 Å². The Morgan fingerprint density at radius 1 is 1.58 bits per heavy atom. The van der Waals surface area contributed by atoms with Crippen molar-refractivity contribution in [3.63, 3.8) is 0 Å². The number of hydrogen-bond acceptors (Lipinski definition) is 2. The normalized spacial score (nSPS) is 22.1. The van der Waals surface area contributed by atoms with Gasteiger partial charge in [0.2, 0.25) is 0 Å². The lowest BCUT2D eigenvalue weighted by Gasteiger charge is -2.41. The molecule has 0 unspecified atom stereocenters. The molecular formula is C8H13Cl2NO. The van der Waals surface area contributed by atoms with Crippen molar-refractivity contribution in [3.8, 4) is 0 Å². The zero-order chi connectivity index (χ0) is 9.03. The fourth-order valence-electron chi connectivity index (χ4n) is 1.30. The Hall–Kier alpha value is 0.240. The molecule has 4 heteroatoms. The Bertz CT molecular complexity index is 172. The second kappa shape index (κ2) is 4.47. The third-order valence-corrected chi connectivity index (χ3v) is 2.98. The number of rotatable bonds is 4. The van der Waals surface area contributed by atoms with Crippen molar-refractivity contribution in [3.05, 3.63) is 10.6 Å². The van der Waals surface area contributed by atoms with E-state index >= 15 is 0 Å². The molecule has 1 rings (SSSR count). The van der Waals surface area contributed by atoms with E-state index in [4.69, 9.17) is 28.3 Å². The van der Waals surface area contributed by atoms with Gasteiger partial charge in [-0.05, 0) is 19.3 Å². The van der Waals surface area contributed by atoms with Gasteiger partial charge in [0.05, 0.1) is 6.61 Å². The molecule has 0 aromatic carbocycles. The number of halogens is 2. The van der Waals surface area contributed by atoms with Crippen LogP contribution in [-0.2, 0) is 0 Å². The van der Waals surface area contributed by atoms with Gasteiger partial charge in [0.25, 0.3) is 0 Å². The monoisotopic (exact) mass is 209 g/mol. The summed E-state index contributed by atoms with van der Waals surface area (Å²) in [6.45, 7) is 0.727. The molecule has 2 N–H and O–H groups in total. The van der Waals surface area contributed by atoms with Crippen molar-refractivity contribution in [1.82, 2.24) is 5.32 Å². The van der Waals surface area contributed by atoms with Crippen LogP contribution in [0.1, 0.15) is 19.3 Å². The van der Waals surface area contributed by atoms with Crippen molar-refractivity contribution in [2.75, 3.05) is 13.2 Å². The first-order chi connectivity index (χ1) is 5.72. The highest BCUT2D eigenvalue weighted by Crippen LogP contribution is 2.31. The molecule has 0 aliphatic heterocycles. The summed E-state index contributed by atoms with van der Waals surface area (Å²) in [6.07, 6.45) is 3.22. The topological polar surface area (TPSA) is 32.3 Å². The molecule has 2 nitrogen and oxygen atoms in total. The first-order valence-corrected chi connectivity index (χ1v) is 4.84. The molecule has 1 saturated carbocycles. The molecule has 1 aliphatic carbocycles. The van der Waals surface area contributed by atoms with Gasteiger partial charge in [0, 0.05) is 22.7 Å². The molecule has 70 valence electrons. The second-order valence-electron chi connectivity index (χ2n) is 3.20. The van der Waals surface area contributed by atoms with Crippen LogP contribution in [0.15, 0.2) is 10.6 Å². The van der Waals surface area contributed by atoms with Crippen LogP contribution in [0, 0.1) is 0 Å². The summed E-state index contributed by atoms with van der Waals surface area (Å²) in [5.74, 6) is 0. The molecule has 0 radical (unpaired) electrons. The Morgan fingerprint density at radius 3 is 2.58 bits per heavy atom. The lowest BCUT2D eigenvalue weighted by Crippen LogP contribution is -2.54. The van der Waals surface area contributed by atoms with E-state index in [2.05, 4.69) is 5.32 Å². The molecule has 0 bridgehead atoms. The molecule has 0 heterocycles. The Kier molecular flexibility index (Phi) is 3.84. The average molecular weight is 210 g/mol. The van der Waals surface area contributed by atoms with Crippen molar-refractivity contribution in [2.45, 2.75) is 24.8 Å². The molecule has 0 aromatic rings. The van der Waals surface area contributed by atoms with Gasteiger partial charge in [0.15, 0.2) is 0 Å². The van der Waals surface area contributed by atoms with E-state index in [1.54, 1.807) is 0 Å². The quantitative estimate of drug-likeness (QED) is 0.741. The van der Waals surface area contributed by atoms with E-state index in [0.29, 0.717) is 11.6 Å². The van der Waals surface area contributed by atoms with Gasteiger partial charge in [-0.3, -0.25) is 0 Å². The summed E-state index contributed by atoms with van der Waals surface area (Å²) in [4.78, 5) is 0. The van der Waals surface area contributed by atoms with Gasteiger partial charge in [-0.15, -0.1) is 0 Å². The van der Waals surface area contributed by atoms with Crippen LogP contribution in [0.3, 0.4) is 0 Å². The zero-order valence-electron chi connectivity index (χ0n) is 6.82. The number of nitrogens with one attached hydrogen (secondary N) is 1. The SMILES string of the molecule is OCC1(NCC(Cl)=CCl)CCC1. The second-order valence-corrected chi connectivity index (χ2v) is 3.91. The lowest BCUT2D eigenvalue weighted by atomic mass is 9.77. The zero-order valence-corrected chi connectivity index (χ0v) is 8.33. The van der Waals surface area contributed by atoms with Crippen LogP contribution < -0.4 is 5.32 Å². The van der Waals surface area contributed by atoms with Gasteiger partial charge in [0.1, 0.15) is 0 Å². The molecule has 0 atom stereocenters. The molecule has 12 heavy (non-hydrogen) atoms.